The maximum atomic E-state index is 13.4. The average molecular weight is 269 g/mol. The van der Waals surface area contributed by atoms with Gasteiger partial charge in [0.25, 0.3) is 0 Å². The monoisotopic (exact) mass is 269 g/mol. The van der Waals surface area contributed by atoms with Gasteiger partial charge in [0.05, 0.1) is 6.26 Å². The third-order valence-corrected chi connectivity index (χ3v) is 2.82. The Kier molecular flexibility index (Phi) is 4.27. The Morgan fingerprint density at radius 3 is 2.58 bits per heavy atom. The Hall–Kier alpha value is -1.75. The first-order valence-corrected chi connectivity index (χ1v) is 5.95. The summed E-state index contributed by atoms with van der Waals surface area (Å²) in [5.74, 6) is -2.16. The predicted molar refractivity (Wildman–Crippen MR) is 65.0 cm³/mol. The number of rotatable bonds is 5. The summed E-state index contributed by atoms with van der Waals surface area (Å²) in [6.45, 7) is 2.03. The van der Waals surface area contributed by atoms with E-state index in [1.807, 2.05) is 13.0 Å². The van der Waals surface area contributed by atoms with Crippen LogP contribution in [0.2, 0.25) is 0 Å². The highest BCUT2D eigenvalue weighted by Gasteiger charge is 2.11. The molecular weight excluding hydrogens is 255 g/mol. The molecule has 1 atom stereocenters. The van der Waals surface area contributed by atoms with Gasteiger partial charge in [-0.3, -0.25) is 0 Å². The molecule has 0 aliphatic carbocycles. The average Bonchev–Trinajstić information content (AvgIpc) is 2.85. The van der Waals surface area contributed by atoms with Crippen molar-refractivity contribution in [2.24, 2.45) is 0 Å². The lowest BCUT2D eigenvalue weighted by Gasteiger charge is -2.13. The summed E-state index contributed by atoms with van der Waals surface area (Å²) < 4.78 is 44.4. The largest absolute Gasteiger partial charge is 0.469 e. The minimum atomic E-state index is -1.18. The van der Waals surface area contributed by atoms with Crippen molar-refractivity contribution in [3.8, 4) is 0 Å². The normalized spacial score (nSPS) is 12.6. The van der Waals surface area contributed by atoms with E-state index in [1.54, 1.807) is 12.3 Å². The molecule has 2 aromatic rings. The Labute approximate surface area is 109 Å². The van der Waals surface area contributed by atoms with E-state index >= 15 is 0 Å². The lowest BCUT2D eigenvalue weighted by Crippen LogP contribution is -2.27. The molecule has 19 heavy (non-hydrogen) atoms. The SMILES string of the molecule is CC(Cc1ccco1)NCc1cc(F)c(F)cc1F. The van der Waals surface area contributed by atoms with Gasteiger partial charge in [0.2, 0.25) is 0 Å². The van der Waals surface area contributed by atoms with Crippen LogP contribution in [0, 0.1) is 17.5 Å². The molecule has 0 aliphatic heterocycles. The molecule has 1 aromatic heterocycles. The first kappa shape index (κ1) is 13.7. The molecule has 1 N–H and O–H groups in total. The van der Waals surface area contributed by atoms with E-state index in [2.05, 4.69) is 5.32 Å². The van der Waals surface area contributed by atoms with Crippen molar-refractivity contribution in [1.29, 1.82) is 0 Å². The van der Waals surface area contributed by atoms with Crippen molar-refractivity contribution in [1.82, 2.24) is 5.32 Å². The van der Waals surface area contributed by atoms with Gasteiger partial charge in [0, 0.05) is 30.6 Å². The molecule has 1 aromatic carbocycles. The van der Waals surface area contributed by atoms with Crippen LogP contribution < -0.4 is 5.32 Å². The minimum Gasteiger partial charge on any atom is -0.469 e. The van der Waals surface area contributed by atoms with Crippen molar-refractivity contribution in [3.63, 3.8) is 0 Å². The molecule has 0 radical (unpaired) electrons. The van der Waals surface area contributed by atoms with Gasteiger partial charge in [-0.2, -0.15) is 0 Å². The van der Waals surface area contributed by atoms with Gasteiger partial charge in [0.15, 0.2) is 11.6 Å². The third-order valence-electron chi connectivity index (χ3n) is 2.82. The number of furan rings is 1. The van der Waals surface area contributed by atoms with Crippen LogP contribution in [-0.4, -0.2) is 6.04 Å². The van der Waals surface area contributed by atoms with Crippen LogP contribution in [0.1, 0.15) is 18.2 Å². The van der Waals surface area contributed by atoms with E-state index in [4.69, 9.17) is 4.42 Å². The fraction of sp³-hybridized carbons (Fsp3) is 0.286. The molecule has 0 fully saturated rings. The summed E-state index contributed by atoms with van der Waals surface area (Å²) >= 11 is 0. The van der Waals surface area contributed by atoms with Gasteiger partial charge in [0.1, 0.15) is 11.6 Å². The predicted octanol–water partition coefficient (Wildman–Crippen LogP) is 3.42. The van der Waals surface area contributed by atoms with Crippen molar-refractivity contribution in [2.75, 3.05) is 0 Å². The molecule has 102 valence electrons. The summed E-state index contributed by atoms with van der Waals surface area (Å²) in [5.41, 5.74) is 0.102. The Morgan fingerprint density at radius 1 is 1.16 bits per heavy atom. The van der Waals surface area contributed by atoms with Crippen molar-refractivity contribution < 1.29 is 17.6 Å². The van der Waals surface area contributed by atoms with E-state index in [0.717, 1.165) is 11.8 Å². The third kappa shape index (κ3) is 3.61. The van der Waals surface area contributed by atoms with Crippen LogP contribution >= 0.6 is 0 Å². The number of hydrogen-bond acceptors (Lipinski definition) is 2. The molecule has 0 saturated heterocycles. The van der Waals surface area contributed by atoms with E-state index in [1.165, 1.54) is 0 Å². The zero-order valence-corrected chi connectivity index (χ0v) is 10.4. The van der Waals surface area contributed by atoms with Crippen molar-refractivity contribution in [3.05, 3.63) is 59.3 Å². The van der Waals surface area contributed by atoms with Crippen LogP contribution in [0.5, 0.6) is 0 Å². The minimum absolute atomic E-state index is 0.0265. The molecular formula is C14H14F3NO. The van der Waals surface area contributed by atoms with Gasteiger partial charge in [-0.25, -0.2) is 13.2 Å². The fourth-order valence-corrected chi connectivity index (χ4v) is 1.79. The fourth-order valence-electron chi connectivity index (χ4n) is 1.79. The lowest BCUT2D eigenvalue weighted by molar-refractivity contribution is 0.449. The molecule has 0 saturated carbocycles. The lowest BCUT2D eigenvalue weighted by atomic mass is 10.1. The summed E-state index contributed by atoms with van der Waals surface area (Å²) in [7, 11) is 0. The maximum Gasteiger partial charge on any atom is 0.161 e. The number of halogens is 3. The topological polar surface area (TPSA) is 25.2 Å². The van der Waals surface area contributed by atoms with E-state index < -0.39 is 17.5 Å². The zero-order chi connectivity index (χ0) is 13.8. The smallest absolute Gasteiger partial charge is 0.161 e. The molecule has 2 nitrogen and oxygen atoms in total. The van der Waals surface area contributed by atoms with Gasteiger partial charge < -0.3 is 9.73 Å². The second-order valence-electron chi connectivity index (χ2n) is 4.42. The second-order valence-corrected chi connectivity index (χ2v) is 4.42. The second kappa shape index (κ2) is 5.93. The van der Waals surface area contributed by atoms with E-state index in [9.17, 15) is 13.2 Å². The molecule has 1 unspecified atom stereocenters. The Bertz CT molecular complexity index is 540. The van der Waals surface area contributed by atoms with Crippen molar-refractivity contribution >= 4 is 0 Å². The van der Waals surface area contributed by atoms with Gasteiger partial charge in [-0.15, -0.1) is 0 Å². The number of nitrogens with one attached hydrogen (secondary N) is 1. The first-order valence-electron chi connectivity index (χ1n) is 5.95. The van der Waals surface area contributed by atoms with Crippen LogP contribution in [0.4, 0.5) is 13.2 Å². The molecule has 0 bridgehead atoms. The van der Waals surface area contributed by atoms with Crippen LogP contribution in [0.15, 0.2) is 34.9 Å². The van der Waals surface area contributed by atoms with Gasteiger partial charge in [-0.1, -0.05) is 0 Å². The standard InChI is InChI=1S/C14H14F3NO/c1-9(5-11-3-2-4-19-11)18-8-10-6-13(16)14(17)7-12(10)15/h2-4,6-7,9,18H,5,8H2,1H3. The van der Waals surface area contributed by atoms with Crippen molar-refractivity contribution in [2.45, 2.75) is 25.9 Å². The molecule has 5 heteroatoms. The quantitative estimate of drug-likeness (QED) is 0.841. The number of benzene rings is 1. The van der Waals surface area contributed by atoms with Crippen LogP contribution in [0.3, 0.4) is 0 Å². The first-order chi connectivity index (χ1) is 9.06. The van der Waals surface area contributed by atoms with E-state index in [0.29, 0.717) is 12.5 Å². The highest BCUT2D eigenvalue weighted by Crippen LogP contribution is 2.14. The van der Waals surface area contributed by atoms with Crippen LogP contribution in [0.25, 0.3) is 0 Å². The summed E-state index contributed by atoms with van der Waals surface area (Å²) in [6.07, 6.45) is 2.22. The summed E-state index contributed by atoms with van der Waals surface area (Å²) in [6, 6.07) is 5.09. The van der Waals surface area contributed by atoms with Crippen LogP contribution in [-0.2, 0) is 13.0 Å². The highest BCUT2D eigenvalue weighted by atomic mass is 19.2. The molecule has 0 aliphatic rings. The summed E-state index contributed by atoms with van der Waals surface area (Å²) in [5, 5.41) is 3.04. The molecule has 2 rings (SSSR count). The summed E-state index contributed by atoms with van der Waals surface area (Å²) in [4.78, 5) is 0. The van der Waals surface area contributed by atoms with Gasteiger partial charge >= 0.3 is 0 Å². The van der Waals surface area contributed by atoms with E-state index in [-0.39, 0.29) is 18.2 Å². The highest BCUT2D eigenvalue weighted by molar-refractivity contribution is 5.20. The zero-order valence-electron chi connectivity index (χ0n) is 10.4. The maximum absolute atomic E-state index is 13.4. The number of hydrogen-bond donors (Lipinski definition) is 1. The molecule has 0 amide bonds. The van der Waals surface area contributed by atoms with Gasteiger partial charge in [-0.05, 0) is 25.1 Å². The Balaban J connectivity index is 1.93. The molecule has 1 heterocycles. The molecule has 0 spiro atoms. The Morgan fingerprint density at radius 2 is 1.89 bits per heavy atom.